The SMILES string of the molecule is CC1(CN2CCC2CN)CCC1. The number of rotatable bonds is 3. The summed E-state index contributed by atoms with van der Waals surface area (Å²) < 4.78 is 0. The molecule has 70 valence electrons. The number of nitrogens with zero attached hydrogens (tertiary/aromatic N) is 1. The Kier molecular flexibility index (Phi) is 2.13. The lowest BCUT2D eigenvalue weighted by molar-refractivity contribution is 0.0119. The highest BCUT2D eigenvalue weighted by atomic mass is 15.2. The highest BCUT2D eigenvalue weighted by molar-refractivity contribution is 4.92. The molecule has 0 bridgehead atoms. The van der Waals surface area contributed by atoms with E-state index in [4.69, 9.17) is 5.73 Å². The summed E-state index contributed by atoms with van der Waals surface area (Å²) in [5.74, 6) is 0. The molecule has 1 unspecified atom stereocenters. The summed E-state index contributed by atoms with van der Waals surface area (Å²) in [6.07, 6.45) is 5.63. The summed E-state index contributed by atoms with van der Waals surface area (Å²) >= 11 is 0. The van der Waals surface area contributed by atoms with Crippen molar-refractivity contribution in [3.05, 3.63) is 0 Å². The molecule has 0 aromatic carbocycles. The molecule has 0 amide bonds. The Morgan fingerprint density at radius 3 is 2.58 bits per heavy atom. The fourth-order valence-electron chi connectivity index (χ4n) is 2.40. The average molecular weight is 168 g/mol. The van der Waals surface area contributed by atoms with Crippen molar-refractivity contribution in [3.8, 4) is 0 Å². The van der Waals surface area contributed by atoms with Crippen molar-refractivity contribution in [3.63, 3.8) is 0 Å². The van der Waals surface area contributed by atoms with Gasteiger partial charge in [0.2, 0.25) is 0 Å². The lowest BCUT2D eigenvalue weighted by Gasteiger charge is -2.49. The summed E-state index contributed by atoms with van der Waals surface area (Å²) in [6, 6.07) is 0.711. The van der Waals surface area contributed by atoms with Crippen LogP contribution in [-0.2, 0) is 0 Å². The topological polar surface area (TPSA) is 29.3 Å². The molecule has 2 heteroatoms. The van der Waals surface area contributed by atoms with Crippen molar-refractivity contribution in [1.82, 2.24) is 4.90 Å². The molecule has 2 fully saturated rings. The molecule has 0 radical (unpaired) electrons. The van der Waals surface area contributed by atoms with E-state index in [1.807, 2.05) is 0 Å². The van der Waals surface area contributed by atoms with Crippen LogP contribution in [0.3, 0.4) is 0 Å². The van der Waals surface area contributed by atoms with Crippen LogP contribution in [0.1, 0.15) is 32.6 Å². The maximum Gasteiger partial charge on any atom is 0.0230 e. The van der Waals surface area contributed by atoms with E-state index in [0.29, 0.717) is 11.5 Å². The Morgan fingerprint density at radius 2 is 2.25 bits per heavy atom. The van der Waals surface area contributed by atoms with Crippen molar-refractivity contribution >= 4 is 0 Å². The zero-order valence-electron chi connectivity index (χ0n) is 8.05. The quantitative estimate of drug-likeness (QED) is 0.686. The van der Waals surface area contributed by atoms with Gasteiger partial charge in [0.15, 0.2) is 0 Å². The van der Waals surface area contributed by atoms with E-state index in [1.165, 1.54) is 38.8 Å². The number of hydrogen-bond donors (Lipinski definition) is 1. The van der Waals surface area contributed by atoms with E-state index in [0.717, 1.165) is 6.54 Å². The smallest absolute Gasteiger partial charge is 0.0230 e. The molecule has 2 rings (SSSR count). The van der Waals surface area contributed by atoms with E-state index in [-0.39, 0.29) is 0 Å². The van der Waals surface area contributed by atoms with Gasteiger partial charge in [-0.2, -0.15) is 0 Å². The molecule has 1 heterocycles. The molecular formula is C10H20N2. The van der Waals surface area contributed by atoms with Crippen molar-refractivity contribution in [1.29, 1.82) is 0 Å². The molecule has 0 spiro atoms. The molecule has 2 N–H and O–H groups in total. The molecule has 2 nitrogen and oxygen atoms in total. The molecule has 1 saturated carbocycles. The zero-order chi connectivity index (χ0) is 8.60. The summed E-state index contributed by atoms with van der Waals surface area (Å²) in [7, 11) is 0. The lowest BCUT2D eigenvalue weighted by atomic mass is 9.69. The van der Waals surface area contributed by atoms with Crippen LogP contribution in [0.5, 0.6) is 0 Å². The van der Waals surface area contributed by atoms with Crippen molar-refractivity contribution in [2.45, 2.75) is 38.6 Å². The third kappa shape index (κ3) is 1.38. The van der Waals surface area contributed by atoms with Crippen LogP contribution in [-0.4, -0.2) is 30.6 Å². The van der Waals surface area contributed by atoms with Gasteiger partial charge in [-0.3, -0.25) is 4.90 Å². The fourth-order valence-corrected chi connectivity index (χ4v) is 2.40. The van der Waals surface area contributed by atoms with Crippen molar-refractivity contribution in [2.24, 2.45) is 11.1 Å². The first kappa shape index (κ1) is 8.52. The van der Waals surface area contributed by atoms with Crippen molar-refractivity contribution in [2.75, 3.05) is 19.6 Å². The van der Waals surface area contributed by atoms with Crippen molar-refractivity contribution < 1.29 is 0 Å². The van der Waals surface area contributed by atoms with Gasteiger partial charge in [0, 0.05) is 25.7 Å². The number of nitrogens with two attached hydrogens (primary N) is 1. The maximum atomic E-state index is 5.66. The van der Waals surface area contributed by atoms with Gasteiger partial charge in [-0.15, -0.1) is 0 Å². The average Bonchev–Trinajstić information content (AvgIpc) is 1.96. The van der Waals surface area contributed by atoms with Crippen LogP contribution in [0.2, 0.25) is 0 Å². The van der Waals surface area contributed by atoms with Crippen LogP contribution >= 0.6 is 0 Å². The maximum absolute atomic E-state index is 5.66. The van der Waals surface area contributed by atoms with Crippen LogP contribution in [0.15, 0.2) is 0 Å². The van der Waals surface area contributed by atoms with Crippen LogP contribution in [0.4, 0.5) is 0 Å². The molecular weight excluding hydrogens is 148 g/mol. The normalized spacial score (nSPS) is 34.0. The number of likely N-dealkylation sites (tertiary alicyclic amines) is 1. The van der Waals surface area contributed by atoms with Gasteiger partial charge in [-0.25, -0.2) is 0 Å². The second kappa shape index (κ2) is 3.00. The molecule has 0 aromatic rings. The molecule has 1 aliphatic carbocycles. The minimum Gasteiger partial charge on any atom is -0.329 e. The van der Waals surface area contributed by atoms with E-state index < -0.39 is 0 Å². The van der Waals surface area contributed by atoms with Gasteiger partial charge in [0.05, 0.1) is 0 Å². The standard InChI is InChI=1S/C10H20N2/c1-10(4-2-5-10)8-12-6-3-9(12)7-11/h9H,2-8,11H2,1H3. The predicted octanol–water partition coefficient (Wildman–Crippen LogP) is 1.21. The third-order valence-electron chi connectivity index (χ3n) is 3.68. The highest BCUT2D eigenvalue weighted by Gasteiger charge is 2.37. The van der Waals surface area contributed by atoms with E-state index in [2.05, 4.69) is 11.8 Å². The molecule has 1 aliphatic heterocycles. The minimum absolute atomic E-state index is 0.647. The molecule has 2 aliphatic rings. The third-order valence-corrected chi connectivity index (χ3v) is 3.68. The monoisotopic (exact) mass is 168 g/mol. The first-order chi connectivity index (χ1) is 5.73. The second-order valence-corrected chi connectivity index (χ2v) is 4.81. The van der Waals surface area contributed by atoms with Gasteiger partial charge < -0.3 is 5.73 Å². The Hall–Kier alpha value is -0.0800. The zero-order valence-corrected chi connectivity index (χ0v) is 8.05. The first-order valence-corrected chi connectivity index (χ1v) is 5.18. The van der Waals surface area contributed by atoms with Gasteiger partial charge in [0.25, 0.3) is 0 Å². The van der Waals surface area contributed by atoms with Gasteiger partial charge in [0.1, 0.15) is 0 Å². The van der Waals surface area contributed by atoms with Gasteiger partial charge in [-0.05, 0) is 24.7 Å². The predicted molar refractivity (Wildman–Crippen MR) is 51.0 cm³/mol. The Morgan fingerprint density at radius 1 is 1.50 bits per heavy atom. The fraction of sp³-hybridized carbons (Fsp3) is 1.00. The van der Waals surface area contributed by atoms with Crippen LogP contribution in [0, 0.1) is 5.41 Å². The Labute approximate surface area is 75.1 Å². The number of hydrogen-bond acceptors (Lipinski definition) is 2. The Bertz CT molecular complexity index is 161. The summed E-state index contributed by atoms with van der Waals surface area (Å²) in [4.78, 5) is 2.57. The van der Waals surface area contributed by atoms with Gasteiger partial charge in [-0.1, -0.05) is 13.3 Å². The minimum atomic E-state index is 0.647. The largest absolute Gasteiger partial charge is 0.329 e. The molecule has 0 aromatic heterocycles. The highest BCUT2D eigenvalue weighted by Crippen LogP contribution is 2.42. The van der Waals surface area contributed by atoms with E-state index in [9.17, 15) is 0 Å². The summed E-state index contributed by atoms with van der Waals surface area (Å²) in [6.45, 7) is 5.87. The second-order valence-electron chi connectivity index (χ2n) is 4.81. The van der Waals surface area contributed by atoms with Crippen LogP contribution in [0.25, 0.3) is 0 Å². The lowest BCUT2D eigenvalue weighted by Crippen LogP contribution is -2.55. The molecule has 1 atom stereocenters. The Balaban J connectivity index is 1.79. The van der Waals surface area contributed by atoms with E-state index in [1.54, 1.807) is 0 Å². The summed E-state index contributed by atoms with van der Waals surface area (Å²) in [5.41, 5.74) is 6.31. The van der Waals surface area contributed by atoms with E-state index >= 15 is 0 Å². The van der Waals surface area contributed by atoms with Gasteiger partial charge >= 0.3 is 0 Å². The molecule has 12 heavy (non-hydrogen) atoms. The van der Waals surface area contributed by atoms with Crippen LogP contribution < -0.4 is 5.73 Å². The first-order valence-electron chi connectivity index (χ1n) is 5.18. The summed E-state index contributed by atoms with van der Waals surface area (Å²) in [5, 5.41) is 0. The molecule has 1 saturated heterocycles.